The normalized spacial score (nSPS) is 10.4. The van der Waals surface area contributed by atoms with Gasteiger partial charge in [-0.1, -0.05) is 69.6 Å². The molecule has 0 aliphatic heterocycles. The molecule has 0 bridgehead atoms. The van der Waals surface area contributed by atoms with Gasteiger partial charge in [-0.05, 0) is 20.8 Å². The van der Waals surface area contributed by atoms with Gasteiger partial charge in [0.05, 0.1) is 0 Å². The van der Waals surface area contributed by atoms with Crippen molar-refractivity contribution in [1.29, 1.82) is 0 Å². The van der Waals surface area contributed by atoms with Gasteiger partial charge in [0.1, 0.15) is 30.8 Å². The minimum Gasteiger partial charge on any atom is -0.388 e. The van der Waals surface area contributed by atoms with Gasteiger partial charge in [-0.15, -0.1) is 0 Å². The summed E-state index contributed by atoms with van der Waals surface area (Å²) >= 11 is 33.0. The summed E-state index contributed by atoms with van der Waals surface area (Å²) in [4.78, 5) is 0. The lowest BCUT2D eigenvalue weighted by atomic mass is 10.7. The Hall–Kier alpha value is 0.590. The fourth-order valence-electron chi connectivity index (χ4n) is 0.663. The van der Waals surface area contributed by atoms with Gasteiger partial charge < -0.3 is 13.6 Å². The summed E-state index contributed by atoms with van der Waals surface area (Å²) in [5, 5.41) is 0. The third-order valence-electron chi connectivity index (χ3n) is 1.54. The highest BCUT2D eigenvalue weighted by atomic mass is 35.5. The van der Waals surface area contributed by atoms with Gasteiger partial charge in [0.15, 0.2) is 0 Å². The maximum Gasteiger partial charge on any atom is 0.646 e. The Kier molecular flexibility index (Phi) is 9.16. The van der Waals surface area contributed by atoms with Gasteiger partial charge in [0, 0.05) is 0 Å². The molecule has 0 aliphatic rings. The Balaban J connectivity index is 5.47. The van der Waals surface area contributed by atoms with E-state index in [2.05, 4.69) is 0 Å². The first-order chi connectivity index (χ1) is 8.98. The summed E-state index contributed by atoms with van der Waals surface area (Å²) in [5.74, 6) is -0.309. The smallest absolute Gasteiger partial charge is 0.388 e. The minimum absolute atomic E-state index is 0.103. The van der Waals surface area contributed by atoms with Crippen molar-refractivity contribution in [1.82, 2.24) is 0 Å². The van der Waals surface area contributed by atoms with E-state index in [0.717, 1.165) is 0 Å². The molecule has 0 rings (SSSR count). The molecule has 0 radical (unpaired) electrons. The SMILES string of the molecule is CC(OP(=O)(OC(C)=C(Cl)Cl)OC(C)=C(Cl)Cl)=C(Cl)Cl. The van der Waals surface area contributed by atoms with Gasteiger partial charge in [-0.2, -0.15) is 4.57 Å². The molecule has 0 aliphatic carbocycles. The highest BCUT2D eigenvalue weighted by Crippen LogP contribution is 2.56. The number of hydrogen-bond acceptors (Lipinski definition) is 4. The van der Waals surface area contributed by atoms with Gasteiger partial charge in [-0.25, -0.2) is 0 Å². The molecular formula is C9H9Cl6O4P. The van der Waals surface area contributed by atoms with Crippen LogP contribution in [0.25, 0.3) is 0 Å². The first-order valence-electron chi connectivity index (χ1n) is 4.73. The van der Waals surface area contributed by atoms with Crippen LogP contribution in [-0.4, -0.2) is 0 Å². The van der Waals surface area contributed by atoms with Crippen LogP contribution in [0.15, 0.2) is 30.8 Å². The predicted octanol–water partition coefficient (Wildman–Crippen LogP) is 7.14. The van der Waals surface area contributed by atoms with Crippen LogP contribution in [-0.2, 0) is 18.1 Å². The summed E-state index contributed by atoms with van der Waals surface area (Å²) in [6.07, 6.45) is 0. The fourth-order valence-corrected chi connectivity index (χ4v) is 2.61. The van der Waals surface area contributed by atoms with Crippen LogP contribution in [0.2, 0.25) is 0 Å². The van der Waals surface area contributed by atoms with Crippen LogP contribution in [0.5, 0.6) is 0 Å². The van der Waals surface area contributed by atoms with Crippen LogP contribution >= 0.6 is 77.4 Å². The fraction of sp³-hybridized carbons (Fsp3) is 0.333. The maximum absolute atomic E-state index is 12.4. The van der Waals surface area contributed by atoms with Crippen molar-refractivity contribution < 1.29 is 18.1 Å². The second-order valence-corrected chi connectivity index (χ2v) is 7.46. The molecule has 0 saturated carbocycles. The van der Waals surface area contributed by atoms with Crippen molar-refractivity contribution in [3.05, 3.63) is 30.8 Å². The molecule has 0 atom stereocenters. The van der Waals surface area contributed by atoms with Crippen LogP contribution in [0.3, 0.4) is 0 Å². The molecule has 0 aromatic heterocycles. The highest BCUT2D eigenvalue weighted by molar-refractivity contribution is 7.48. The van der Waals surface area contributed by atoms with E-state index >= 15 is 0 Å². The Labute approximate surface area is 146 Å². The standard InChI is InChI=1S/C9H9Cl6O4P/c1-4(7(10)11)17-20(16,18-5(2)8(12)13)19-6(3)9(14)15/h1-3H3. The number of phosphoric ester groups is 1. The molecule has 0 N–H and O–H groups in total. The van der Waals surface area contributed by atoms with Crippen molar-refractivity contribution in [2.75, 3.05) is 0 Å². The molecule has 20 heavy (non-hydrogen) atoms. The summed E-state index contributed by atoms with van der Waals surface area (Å²) in [5.41, 5.74) is 0. The minimum atomic E-state index is -4.23. The zero-order valence-corrected chi connectivity index (χ0v) is 15.8. The molecule has 0 spiro atoms. The van der Waals surface area contributed by atoms with E-state index in [1.165, 1.54) is 20.8 Å². The number of halogens is 6. The van der Waals surface area contributed by atoms with Gasteiger partial charge in [0.25, 0.3) is 0 Å². The van der Waals surface area contributed by atoms with Crippen LogP contribution < -0.4 is 0 Å². The lowest BCUT2D eigenvalue weighted by Gasteiger charge is -2.20. The van der Waals surface area contributed by atoms with Crippen molar-refractivity contribution in [3.63, 3.8) is 0 Å². The molecule has 0 aromatic rings. The molecule has 0 heterocycles. The third-order valence-corrected chi connectivity index (χ3v) is 4.63. The molecule has 0 aromatic carbocycles. The molecule has 0 fully saturated rings. The number of allylic oxidation sites excluding steroid dienone is 3. The van der Waals surface area contributed by atoms with E-state index < -0.39 is 7.82 Å². The predicted molar refractivity (Wildman–Crippen MR) is 84.1 cm³/mol. The van der Waals surface area contributed by atoms with Crippen molar-refractivity contribution in [2.45, 2.75) is 20.8 Å². The van der Waals surface area contributed by atoms with E-state index in [-0.39, 0.29) is 30.8 Å². The average Bonchev–Trinajstić information content (AvgIpc) is 2.27. The molecular weight excluding hydrogens is 416 g/mol. The van der Waals surface area contributed by atoms with Gasteiger partial charge >= 0.3 is 7.82 Å². The Morgan fingerprint density at radius 2 is 0.850 bits per heavy atom. The Morgan fingerprint density at radius 3 is 1.00 bits per heavy atom. The quantitative estimate of drug-likeness (QED) is 0.335. The summed E-state index contributed by atoms with van der Waals surface area (Å²) in [6.45, 7) is 4.03. The molecule has 11 heteroatoms. The lowest BCUT2D eigenvalue weighted by Crippen LogP contribution is -1.99. The largest absolute Gasteiger partial charge is 0.646 e. The van der Waals surface area contributed by atoms with Crippen molar-refractivity contribution >= 4 is 77.4 Å². The van der Waals surface area contributed by atoms with E-state index in [9.17, 15) is 4.57 Å². The lowest BCUT2D eigenvalue weighted by molar-refractivity contribution is 0.195. The Bertz CT molecular complexity index is 429. The maximum atomic E-state index is 12.4. The highest BCUT2D eigenvalue weighted by Gasteiger charge is 2.34. The van der Waals surface area contributed by atoms with E-state index in [4.69, 9.17) is 83.2 Å². The van der Waals surface area contributed by atoms with Gasteiger partial charge in [-0.3, -0.25) is 0 Å². The van der Waals surface area contributed by atoms with Crippen LogP contribution in [0.4, 0.5) is 0 Å². The second kappa shape index (κ2) is 8.89. The number of hydrogen-bond donors (Lipinski definition) is 0. The topological polar surface area (TPSA) is 44.8 Å². The molecule has 116 valence electrons. The summed E-state index contributed by atoms with van der Waals surface area (Å²) in [7, 11) is -4.23. The molecule has 0 unspecified atom stereocenters. The third kappa shape index (κ3) is 7.56. The second-order valence-electron chi connectivity index (χ2n) is 3.17. The first-order valence-corrected chi connectivity index (χ1v) is 8.45. The first kappa shape index (κ1) is 20.6. The number of rotatable bonds is 6. The number of phosphoric acid groups is 1. The monoisotopic (exact) mass is 422 g/mol. The zero-order valence-electron chi connectivity index (χ0n) is 10.3. The summed E-state index contributed by atoms with van der Waals surface area (Å²) in [6, 6.07) is 0. The summed E-state index contributed by atoms with van der Waals surface area (Å²) < 4.78 is 26.5. The van der Waals surface area contributed by atoms with Crippen LogP contribution in [0.1, 0.15) is 20.8 Å². The van der Waals surface area contributed by atoms with Crippen molar-refractivity contribution in [3.8, 4) is 0 Å². The van der Waals surface area contributed by atoms with E-state index in [0.29, 0.717) is 0 Å². The van der Waals surface area contributed by atoms with Crippen molar-refractivity contribution in [2.24, 2.45) is 0 Å². The van der Waals surface area contributed by atoms with E-state index in [1.807, 2.05) is 0 Å². The molecule has 0 saturated heterocycles. The van der Waals surface area contributed by atoms with Gasteiger partial charge in [0.2, 0.25) is 0 Å². The Morgan fingerprint density at radius 1 is 0.650 bits per heavy atom. The zero-order chi connectivity index (χ0) is 16.1. The van der Waals surface area contributed by atoms with Crippen LogP contribution in [0, 0.1) is 0 Å². The average molecular weight is 425 g/mol. The molecule has 4 nitrogen and oxygen atoms in total. The van der Waals surface area contributed by atoms with E-state index in [1.54, 1.807) is 0 Å². The molecule has 0 amide bonds.